The minimum atomic E-state index is -4.52. The van der Waals surface area contributed by atoms with Crippen LogP contribution in [0, 0.1) is 34.4 Å². The van der Waals surface area contributed by atoms with Gasteiger partial charge in [-0.2, -0.15) is 0 Å². The molecule has 0 radical (unpaired) electrons. The molecule has 2 aliphatic carbocycles. The number of hydrogen-bond acceptors (Lipinski definition) is 9. The van der Waals surface area contributed by atoms with E-state index in [2.05, 4.69) is 67.8 Å². The van der Waals surface area contributed by atoms with Gasteiger partial charge in [-0.25, -0.2) is 8.42 Å². The van der Waals surface area contributed by atoms with Gasteiger partial charge in [0.15, 0.2) is 6.29 Å². The average molecular weight is 789 g/mol. The van der Waals surface area contributed by atoms with Crippen LogP contribution in [0.3, 0.4) is 0 Å². The SMILES string of the molecule is O=C1OC2C3CC(C2OC(O)c2cc(I)cc(I)c2I)C(C(=O)OCCS(=O)(=O)[O-])C13. The van der Waals surface area contributed by atoms with Gasteiger partial charge >= 0.3 is 11.9 Å². The lowest BCUT2D eigenvalue weighted by molar-refractivity contribution is -0.188. The molecule has 1 N–H and O–H groups in total. The van der Waals surface area contributed by atoms with Crippen molar-refractivity contribution in [3.05, 3.63) is 28.4 Å². The summed E-state index contributed by atoms with van der Waals surface area (Å²) in [7, 11) is -4.52. The number of rotatable bonds is 7. The zero-order valence-corrected chi connectivity index (χ0v) is 22.9. The summed E-state index contributed by atoms with van der Waals surface area (Å²) in [6.07, 6.45) is -2.03. The number of aliphatic hydroxyl groups excluding tert-OH is 1. The number of carbonyl (C=O) groups excluding carboxylic acids is 2. The van der Waals surface area contributed by atoms with Gasteiger partial charge in [-0.3, -0.25) is 9.59 Å². The molecule has 2 saturated carbocycles. The molecule has 13 heteroatoms. The summed E-state index contributed by atoms with van der Waals surface area (Å²) in [5.74, 6) is -4.29. The lowest BCUT2D eigenvalue weighted by Crippen LogP contribution is -2.43. The van der Waals surface area contributed by atoms with Gasteiger partial charge in [0.1, 0.15) is 18.8 Å². The molecular weight excluding hydrogens is 773 g/mol. The summed E-state index contributed by atoms with van der Waals surface area (Å²) in [4.78, 5) is 25.0. The maximum Gasteiger partial charge on any atom is 0.310 e. The van der Waals surface area contributed by atoms with Crippen LogP contribution in [0.5, 0.6) is 0 Å². The van der Waals surface area contributed by atoms with Crippen LogP contribution in [0.15, 0.2) is 12.1 Å². The molecule has 1 heterocycles. The van der Waals surface area contributed by atoms with E-state index in [1.54, 1.807) is 6.07 Å². The van der Waals surface area contributed by atoms with Gasteiger partial charge in [-0.1, -0.05) is 0 Å². The third-order valence-electron chi connectivity index (χ3n) is 5.97. The van der Waals surface area contributed by atoms with Crippen LogP contribution < -0.4 is 0 Å². The third kappa shape index (κ3) is 4.73. The lowest BCUT2D eigenvalue weighted by Gasteiger charge is -2.32. The van der Waals surface area contributed by atoms with Crippen molar-refractivity contribution < 1.29 is 41.9 Å². The average Bonchev–Trinajstić information content (AvgIpc) is 3.27. The third-order valence-corrected chi connectivity index (χ3v) is 10.3. The first-order valence-electron chi connectivity index (χ1n) is 9.26. The number of halogens is 3. The van der Waals surface area contributed by atoms with Crippen molar-refractivity contribution in [1.82, 2.24) is 0 Å². The Hall–Kier alpha value is 0.180. The van der Waals surface area contributed by atoms with E-state index in [1.807, 2.05) is 6.07 Å². The van der Waals surface area contributed by atoms with Gasteiger partial charge in [0.25, 0.3) is 0 Å². The standard InChI is InChI=1S/C18H17I3O9S/c19-6-3-9(13(21)10(20)4-6)16(22)29-14-7-5-8-12(18(24)30-15(8)14)11(7)17(23)28-1-2-31(25,26)27/h3-4,7-8,11-12,14-16,22H,1-2,5H2,(H,25,26,27)/p-1. The highest BCUT2D eigenvalue weighted by Crippen LogP contribution is 2.59. The quantitative estimate of drug-likeness (QED) is 0.144. The Kier molecular flexibility index (Phi) is 7.13. The second-order valence-electron chi connectivity index (χ2n) is 7.69. The summed E-state index contributed by atoms with van der Waals surface area (Å²) in [5.41, 5.74) is 0.584. The zero-order chi connectivity index (χ0) is 22.7. The fourth-order valence-electron chi connectivity index (χ4n) is 4.81. The predicted molar refractivity (Wildman–Crippen MR) is 128 cm³/mol. The highest BCUT2D eigenvalue weighted by Gasteiger charge is 2.69. The van der Waals surface area contributed by atoms with E-state index in [1.165, 1.54) is 0 Å². The van der Waals surface area contributed by atoms with E-state index < -0.39 is 70.7 Å². The second-order valence-corrected chi connectivity index (χ2v) is 12.7. The smallest absolute Gasteiger partial charge is 0.310 e. The lowest BCUT2D eigenvalue weighted by atomic mass is 9.78. The molecule has 7 unspecified atom stereocenters. The molecule has 3 aliphatic rings. The van der Waals surface area contributed by atoms with Crippen LogP contribution in [0.4, 0.5) is 0 Å². The molecule has 170 valence electrons. The Morgan fingerprint density at radius 2 is 2.00 bits per heavy atom. The van der Waals surface area contributed by atoms with Gasteiger partial charge in [0.2, 0.25) is 0 Å². The van der Waals surface area contributed by atoms with E-state index >= 15 is 0 Å². The molecule has 0 aromatic heterocycles. The van der Waals surface area contributed by atoms with Crippen LogP contribution in [-0.2, 0) is 33.9 Å². The molecule has 1 aromatic rings. The van der Waals surface area contributed by atoms with E-state index in [0.717, 1.165) is 10.7 Å². The van der Waals surface area contributed by atoms with Crippen LogP contribution >= 0.6 is 67.8 Å². The van der Waals surface area contributed by atoms with E-state index in [0.29, 0.717) is 12.0 Å². The molecule has 1 aromatic carbocycles. The Morgan fingerprint density at radius 3 is 2.68 bits per heavy atom. The number of fused-ring (bicyclic) bond motifs is 1. The highest BCUT2D eigenvalue weighted by molar-refractivity contribution is 14.1. The minimum Gasteiger partial charge on any atom is -0.748 e. The van der Waals surface area contributed by atoms with Crippen LogP contribution in [0.25, 0.3) is 0 Å². The first kappa shape index (κ1) is 24.3. The van der Waals surface area contributed by atoms with E-state index in [4.69, 9.17) is 14.2 Å². The second kappa shape index (κ2) is 9.09. The van der Waals surface area contributed by atoms with Crippen molar-refractivity contribution in [2.45, 2.75) is 24.9 Å². The van der Waals surface area contributed by atoms with Gasteiger partial charge in [-0.15, -0.1) is 0 Å². The van der Waals surface area contributed by atoms with Gasteiger partial charge < -0.3 is 23.9 Å². The summed E-state index contributed by atoms with van der Waals surface area (Å²) in [5, 5.41) is 10.8. The topological polar surface area (TPSA) is 139 Å². The molecule has 0 spiro atoms. The maximum absolute atomic E-state index is 12.7. The Bertz CT molecular complexity index is 1030. The summed E-state index contributed by atoms with van der Waals surface area (Å²) in [6, 6.07) is 3.77. The fourth-order valence-corrected chi connectivity index (χ4v) is 7.57. The molecule has 9 nitrogen and oxygen atoms in total. The molecule has 3 fully saturated rings. The normalized spacial score (nSPS) is 32.2. The number of carbonyl (C=O) groups is 2. The van der Waals surface area contributed by atoms with Gasteiger partial charge in [0, 0.05) is 28.1 Å². The summed E-state index contributed by atoms with van der Waals surface area (Å²) < 4.78 is 51.4. The molecule has 1 aliphatic heterocycles. The number of esters is 2. The first-order chi connectivity index (χ1) is 14.5. The number of hydrogen-bond donors (Lipinski definition) is 1. The van der Waals surface area contributed by atoms with Crippen molar-refractivity contribution in [3.8, 4) is 0 Å². The Balaban J connectivity index is 1.52. The zero-order valence-electron chi connectivity index (χ0n) is 15.6. The largest absolute Gasteiger partial charge is 0.748 e. The fraction of sp³-hybridized carbons (Fsp3) is 0.556. The highest BCUT2D eigenvalue weighted by atomic mass is 127. The summed E-state index contributed by atoms with van der Waals surface area (Å²) >= 11 is 6.44. The van der Waals surface area contributed by atoms with E-state index in [-0.39, 0.29) is 5.92 Å². The van der Waals surface area contributed by atoms with Crippen LogP contribution in [0.1, 0.15) is 18.3 Å². The molecular formula is C18H16I3O9S-. The maximum atomic E-state index is 12.7. The molecule has 1 saturated heterocycles. The monoisotopic (exact) mass is 789 g/mol. The van der Waals surface area contributed by atoms with Crippen molar-refractivity contribution >= 4 is 89.8 Å². The molecule has 31 heavy (non-hydrogen) atoms. The van der Waals surface area contributed by atoms with Crippen molar-refractivity contribution in [1.29, 1.82) is 0 Å². The van der Waals surface area contributed by atoms with Crippen LogP contribution in [-0.4, -0.2) is 54.6 Å². The van der Waals surface area contributed by atoms with Crippen LogP contribution in [0.2, 0.25) is 0 Å². The molecule has 4 rings (SSSR count). The van der Waals surface area contributed by atoms with Gasteiger partial charge in [0.05, 0.1) is 27.7 Å². The van der Waals surface area contributed by atoms with Crippen molar-refractivity contribution in [2.24, 2.45) is 23.7 Å². The number of ether oxygens (including phenoxy) is 3. The summed E-state index contributed by atoms with van der Waals surface area (Å²) in [6.45, 7) is -0.572. The minimum absolute atomic E-state index is 0.231. The predicted octanol–water partition coefficient (Wildman–Crippen LogP) is 1.77. The molecule has 0 amide bonds. The number of aliphatic hydroxyl groups is 1. The Morgan fingerprint density at radius 1 is 1.29 bits per heavy atom. The van der Waals surface area contributed by atoms with Crippen molar-refractivity contribution in [2.75, 3.05) is 12.4 Å². The molecule has 2 bridgehead atoms. The Labute approximate surface area is 219 Å². The first-order valence-corrected chi connectivity index (χ1v) is 14.1. The van der Waals surface area contributed by atoms with Gasteiger partial charge in [-0.05, 0) is 86.3 Å². The van der Waals surface area contributed by atoms with Crippen molar-refractivity contribution in [3.63, 3.8) is 0 Å². The number of benzene rings is 1. The molecule has 7 atom stereocenters. The van der Waals surface area contributed by atoms with E-state index in [9.17, 15) is 27.7 Å².